The summed E-state index contributed by atoms with van der Waals surface area (Å²) in [6, 6.07) is 36.9. The number of rotatable bonds is 2. The molecule has 5 aromatic carbocycles. The Morgan fingerprint density at radius 1 is 0.433 bits per heavy atom. The molecule has 140 valence electrons. The molecule has 0 saturated heterocycles. The average molecular weight is 381 g/mol. The summed E-state index contributed by atoms with van der Waals surface area (Å²) in [5.41, 5.74) is 4.97. The highest BCUT2D eigenvalue weighted by atomic mass is 14.6. The maximum atomic E-state index is 4.40. The van der Waals surface area contributed by atoms with Crippen LogP contribution >= 0.6 is 0 Å². The zero-order valence-corrected chi connectivity index (χ0v) is 16.4. The summed E-state index contributed by atoms with van der Waals surface area (Å²) in [6.07, 6.45) is 3.80. The highest BCUT2D eigenvalue weighted by Gasteiger charge is 2.17. The lowest BCUT2D eigenvalue weighted by Crippen LogP contribution is -1.91. The molecular formula is C29H19N. The molecule has 1 nitrogen and oxygen atoms in total. The van der Waals surface area contributed by atoms with Gasteiger partial charge in [-0.1, -0.05) is 97.1 Å². The number of hydrogen-bond donors (Lipinski definition) is 0. The highest BCUT2D eigenvalue weighted by molar-refractivity contribution is 6.23. The van der Waals surface area contributed by atoms with Crippen molar-refractivity contribution in [2.45, 2.75) is 0 Å². The zero-order valence-electron chi connectivity index (χ0n) is 16.4. The van der Waals surface area contributed by atoms with Crippen molar-refractivity contribution in [2.24, 2.45) is 0 Å². The Labute approximate surface area is 175 Å². The third-order valence-corrected chi connectivity index (χ3v) is 5.94. The monoisotopic (exact) mass is 381 g/mol. The van der Waals surface area contributed by atoms with Gasteiger partial charge in [0.05, 0.1) is 0 Å². The summed E-state index contributed by atoms with van der Waals surface area (Å²) < 4.78 is 0. The van der Waals surface area contributed by atoms with Crippen LogP contribution in [0.25, 0.3) is 54.6 Å². The average Bonchev–Trinajstić information content (AvgIpc) is 2.83. The summed E-state index contributed by atoms with van der Waals surface area (Å²) >= 11 is 0. The van der Waals surface area contributed by atoms with E-state index in [1.54, 1.807) is 0 Å². The Kier molecular flexibility index (Phi) is 3.85. The normalized spacial score (nSPS) is 11.3. The second-order valence-electron chi connectivity index (χ2n) is 7.61. The zero-order chi connectivity index (χ0) is 19.9. The van der Waals surface area contributed by atoms with Crippen LogP contribution in [-0.2, 0) is 0 Å². The van der Waals surface area contributed by atoms with Crippen LogP contribution in [0.4, 0.5) is 0 Å². The van der Waals surface area contributed by atoms with Gasteiger partial charge in [0.15, 0.2) is 0 Å². The van der Waals surface area contributed by atoms with Gasteiger partial charge in [-0.3, -0.25) is 4.98 Å². The van der Waals surface area contributed by atoms with Crippen molar-refractivity contribution in [3.8, 4) is 22.3 Å². The Balaban J connectivity index is 1.85. The third-order valence-electron chi connectivity index (χ3n) is 5.94. The first-order valence-corrected chi connectivity index (χ1v) is 10.2. The molecule has 0 spiro atoms. The summed E-state index contributed by atoms with van der Waals surface area (Å²) in [5.74, 6) is 0. The standard InChI is InChI=1S/C29H19N/c1-2-12-22-20(9-1)10-7-17-23(22)29-26-15-5-3-13-24(26)28(21-11-8-18-30-19-21)25-14-4-6-16-27(25)29/h1-19H. The molecule has 0 amide bonds. The van der Waals surface area contributed by atoms with E-state index in [1.165, 1.54) is 49.0 Å². The summed E-state index contributed by atoms with van der Waals surface area (Å²) in [4.78, 5) is 4.40. The Morgan fingerprint density at radius 3 is 1.63 bits per heavy atom. The highest BCUT2D eigenvalue weighted by Crippen LogP contribution is 2.44. The first kappa shape index (κ1) is 16.9. The lowest BCUT2D eigenvalue weighted by Gasteiger charge is -2.18. The van der Waals surface area contributed by atoms with Crippen LogP contribution in [0.3, 0.4) is 0 Å². The van der Waals surface area contributed by atoms with E-state index < -0.39 is 0 Å². The first-order valence-electron chi connectivity index (χ1n) is 10.2. The van der Waals surface area contributed by atoms with Crippen molar-refractivity contribution in [3.05, 3.63) is 116 Å². The Hall–Kier alpha value is -3.97. The van der Waals surface area contributed by atoms with E-state index in [0.717, 1.165) is 5.56 Å². The fourth-order valence-electron chi connectivity index (χ4n) is 4.68. The van der Waals surface area contributed by atoms with Crippen LogP contribution in [0.2, 0.25) is 0 Å². The van der Waals surface area contributed by atoms with Gasteiger partial charge in [0, 0.05) is 18.0 Å². The number of hydrogen-bond acceptors (Lipinski definition) is 1. The predicted octanol–water partition coefficient (Wildman–Crippen LogP) is 7.88. The first-order chi connectivity index (χ1) is 14.9. The van der Waals surface area contributed by atoms with Crippen molar-refractivity contribution in [2.75, 3.05) is 0 Å². The van der Waals surface area contributed by atoms with Crippen LogP contribution in [0.15, 0.2) is 116 Å². The number of fused-ring (bicyclic) bond motifs is 3. The minimum Gasteiger partial charge on any atom is -0.264 e. The van der Waals surface area contributed by atoms with Gasteiger partial charge in [-0.05, 0) is 55.1 Å². The molecule has 0 radical (unpaired) electrons. The van der Waals surface area contributed by atoms with Gasteiger partial charge < -0.3 is 0 Å². The number of benzene rings is 5. The topological polar surface area (TPSA) is 12.9 Å². The van der Waals surface area contributed by atoms with E-state index in [9.17, 15) is 0 Å². The molecule has 0 fully saturated rings. The van der Waals surface area contributed by atoms with Crippen LogP contribution in [0.5, 0.6) is 0 Å². The molecule has 1 heterocycles. The van der Waals surface area contributed by atoms with Crippen LogP contribution in [0.1, 0.15) is 0 Å². The van der Waals surface area contributed by atoms with Crippen molar-refractivity contribution in [1.82, 2.24) is 4.98 Å². The van der Waals surface area contributed by atoms with E-state index >= 15 is 0 Å². The molecule has 30 heavy (non-hydrogen) atoms. The van der Waals surface area contributed by atoms with Gasteiger partial charge in [-0.25, -0.2) is 0 Å². The van der Waals surface area contributed by atoms with Gasteiger partial charge in [-0.2, -0.15) is 0 Å². The summed E-state index contributed by atoms with van der Waals surface area (Å²) in [6.45, 7) is 0. The van der Waals surface area contributed by atoms with Crippen LogP contribution in [-0.4, -0.2) is 4.98 Å². The van der Waals surface area contributed by atoms with Crippen LogP contribution in [0, 0.1) is 0 Å². The fraction of sp³-hybridized carbons (Fsp3) is 0. The number of nitrogens with zero attached hydrogens (tertiary/aromatic N) is 1. The SMILES string of the molecule is c1cncc(-c2c3ccccc3c(-c3cccc4ccccc34)c3ccccc23)c1. The molecule has 1 heteroatoms. The van der Waals surface area contributed by atoms with Crippen molar-refractivity contribution in [1.29, 1.82) is 0 Å². The second-order valence-corrected chi connectivity index (χ2v) is 7.61. The molecule has 0 aliphatic rings. The molecular weight excluding hydrogens is 362 g/mol. The maximum absolute atomic E-state index is 4.40. The molecule has 0 atom stereocenters. The van der Waals surface area contributed by atoms with Gasteiger partial charge >= 0.3 is 0 Å². The van der Waals surface area contributed by atoms with E-state index in [4.69, 9.17) is 0 Å². The van der Waals surface area contributed by atoms with E-state index in [-0.39, 0.29) is 0 Å². The minimum absolute atomic E-state index is 1.15. The third kappa shape index (κ3) is 2.53. The predicted molar refractivity (Wildman–Crippen MR) is 128 cm³/mol. The molecule has 0 N–H and O–H groups in total. The molecule has 6 rings (SSSR count). The Bertz CT molecular complexity index is 1470. The number of aromatic nitrogens is 1. The lowest BCUT2D eigenvalue weighted by molar-refractivity contribution is 1.33. The van der Waals surface area contributed by atoms with Crippen molar-refractivity contribution < 1.29 is 0 Å². The summed E-state index contributed by atoms with van der Waals surface area (Å²) in [7, 11) is 0. The van der Waals surface area contributed by atoms with Crippen LogP contribution < -0.4 is 0 Å². The largest absolute Gasteiger partial charge is 0.264 e. The smallest absolute Gasteiger partial charge is 0.0346 e. The molecule has 0 aliphatic carbocycles. The Morgan fingerprint density at radius 2 is 1.00 bits per heavy atom. The molecule has 0 bridgehead atoms. The molecule has 0 aliphatic heterocycles. The van der Waals surface area contributed by atoms with E-state index in [1.807, 2.05) is 18.5 Å². The van der Waals surface area contributed by atoms with E-state index in [2.05, 4.69) is 102 Å². The molecule has 0 unspecified atom stereocenters. The van der Waals surface area contributed by atoms with Gasteiger partial charge in [0.25, 0.3) is 0 Å². The van der Waals surface area contributed by atoms with E-state index in [0.29, 0.717) is 0 Å². The van der Waals surface area contributed by atoms with Crippen molar-refractivity contribution in [3.63, 3.8) is 0 Å². The quantitative estimate of drug-likeness (QED) is 0.278. The minimum atomic E-state index is 1.15. The molecule has 1 aromatic heterocycles. The maximum Gasteiger partial charge on any atom is 0.0346 e. The van der Waals surface area contributed by atoms with Gasteiger partial charge in [0.2, 0.25) is 0 Å². The van der Waals surface area contributed by atoms with Crippen molar-refractivity contribution >= 4 is 32.3 Å². The fourth-order valence-corrected chi connectivity index (χ4v) is 4.68. The number of pyridine rings is 1. The van der Waals surface area contributed by atoms with Gasteiger partial charge in [0.1, 0.15) is 0 Å². The van der Waals surface area contributed by atoms with Gasteiger partial charge in [-0.15, -0.1) is 0 Å². The molecule has 6 aromatic rings. The lowest BCUT2D eigenvalue weighted by atomic mass is 9.85. The molecule has 0 saturated carbocycles. The second kappa shape index (κ2) is 6.82. The summed E-state index contributed by atoms with van der Waals surface area (Å²) in [5, 5.41) is 7.60.